The summed E-state index contributed by atoms with van der Waals surface area (Å²) in [5, 5.41) is 45.6. The molecule has 1 aromatic rings. The molecular weight excluding hydrogens is 546 g/mol. The van der Waals surface area contributed by atoms with Gasteiger partial charge in [-0.25, -0.2) is 5.43 Å². The second-order valence-electron chi connectivity index (χ2n) is 12.7. The highest BCUT2D eigenvalue weighted by molar-refractivity contribution is 6.24. The maximum absolute atomic E-state index is 14.0. The number of likely N-dealkylation sites (N-methyl/N-ethyl adjacent to an activating group) is 1. The number of phenols is 1. The Morgan fingerprint density at radius 1 is 1.12 bits per heavy atom. The first kappa shape index (κ1) is 31.0. The number of Topliss-reactive ketones (excluding diaryl/α,β-unsaturated/α-hetero) is 2. The zero-order valence-corrected chi connectivity index (χ0v) is 24.8. The minimum Gasteiger partial charge on any atom is -0.508 e. The van der Waals surface area contributed by atoms with E-state index in [-0.39, 0.29) is 42.2 Å². The molecule has 13 heteroatoms. The number of hydrogen-bond donors (Lipinski definition) is 7. The van der Waals surface area contributed by atoms with Crippen LogP contribution in [0, 0.1) is 17.3 Å². The Labute approximate surface area is 243 Å². The number of amides is 2. The molecule has 1 aromatic carbocycles. The standard InChI is InChI=1S/C29H39N5O8/c1-28(2,3)27(41)32-31-11-13-10-16(33(4)5)14-8-12-9-15-20(34(6)7)23(37)19(26(30)40)25(39)29(15,42)24(38)17(12)22(36)18(14)21(13)35/h10,12,15,20,31,35-36,39,42H,8-9,11H2,1-7H3,(H2,30,40)(H,32,41)/t12-,15-,20-,29-/m0/s1. The van der Waals surface area contributed by atoms with Gasteiger partial charge in [0.2, 0.25) is 11.7 Å². The van der Waals surface area contributed by atoms with E-state index in [4.69, 9.17) is 5.73 Å². The molecule has 0 heterocycles. The number of hydrogen-bond acceptors (Lipinski definition) is 11. The average molecular weight is 586 g/mol. The highest BCUT2D eigenvalue weighted by Crippen LogP contribution is 2.54. The van der Waals surface area contributed by atoms with E-state index in [9.17, 15) is 39.6 Å². The van der Waals surface area contributed by atoms with Crippen LogP contribution in [0.15, 0.2) is 23.0 Å². The number of aromatic hydroxyl groups is 1. The summed E-state index contributed by atoms with van der Waals surface area (Å²) in [5.74, 6) is -7.32. The maximum atomic E-state index is 14.0. The lowest BCUT2D eigenvalue weighted by molar-refractivity contribution is -0.153. The molecule has 0 unspecified atom stereocenters. The number of rotatable bonds is 6. The third-order valence-corrected chi connectivity index (χ3v) is 8.42. The minimum atomic E-state index is -2.71. The molecule has 4 atom stereocenters. The minimum absolute atomic E-state index is 0.00152. The Hall–Kier alpha value is -3.94. The molecule has 0 spiro atoms. The monoisotopic (exact) mass is 585 g/mol. The molecule has 8 N–H and O–H groups in total. The van der Waals surface area contributed by atoms with Crippen molar-refractivity contribution < 1.29 is 39.6 Å². The van der Waals surface area contributed by atoms with Gasteiger partial charge >= 0.3 is 0 Å². The van der Waals surface area contributed by atoms with E-state index in [2.05, 4.69) is 10.9 Å². The van der Waals surface area contributed by atoms with Gasteiger partial charge in [0.1, 0.15) is 22.8 Å². The van der Waals surface area contributed by atoms with E-state index >= 15 is 0 Å². The molecule has 0 saturated heterocycles. The fourth-order valence-electron chi connectivity index (χ4n) is 6.29. The van der Waals surface area contributed by atoms with Gasteiger partial charge in [-0.3, -0.25) is 29.5 Å². The predicted molar refractivity (Wildman–Crippen MR) is 153 cm³/mol. The van der Waals surface area contributed by atoms with Crippen molar-refractivity contribution >= 4 is 34.8 Å². The summed E-state index contributed by atoms with van der Waals surface area (Å²) in [5.41, 5.74) is 7.76. The molecule has 13 nitrogen and oxygen atoms in total. The Morgan fingerprint density at radius 3 is 2.26 bits per heavy atom. The van der Waals surface area contributed by atoms with Crippen LogP contribution >= 0.6 is 0 Å². The summed E-state index contributed by atoms with van der Waals surface area (Å²) < 4.78 is 0. The van der Waals surface area contributed by atoms with Gasteiger partial charge in [-0.2, -0.15) is 0 Å². The molecule has 42 heavy (non-hydrogen) atoms. The van der Waals surface area contributed by atoms with Crippen LogP contribution in [-0.4, -0.2) is 88.5 Å². The lowest BCUT2D eigenvalue weighted by Gasteiger charge is -2.50. The van der Waals surface area contributed by atoms with Crippen molar-refractivity contribution in [3.8, 4) is 5.75 Å². The van der Waals surface area contributed by atoms with E-state index < -0.39 is 63.5 Å². The van der Waals surface area contributed by atoms with Crippen molar-refractivity contribution in [1.29, 1.82) is 0 Å². The van der Waals surface area contributed by atoms with Gasteiger partial charge in [-0.1, -0.05) is 20.8 Å². The first-order valence-electron chi connectivity index (χ1n) is 13.6. The van der Waals surface area contributed by atoms with Gasteiger partial charge < -0.3 is 31.1 Å². The third-order valence-electron chi connectivity index (χ3n) is 8.42. The normalized spacial score (nSPS) is 25.7. The fourth-order valence-corrected chi connectivity index (χ4v) is 6.29. The summed E-state index contributed by atoms with van der Waals surface area (Å²) in [7, 11) is 6.66. The molecule has 1 fully saturated rings. The van der Waals surface area contributed by atoms with Gasteiger partial charge in [0, 0.05) is 48.8 Å². The van der Waals surface area contributed by atoms with Crippen LogP contribution in [-0.2, 0) is 32.1 Å². The number of carbonyl (C=O) groups is 4. The van der Waals surface area contributed by atoms with Gasteiger partial charge in [-0.15, -0.1) is 0 Å². The van der Waals surface area contributed by atoms with E-state index in [0.29, 0.717) is 16.8 Å². The van der Waals surface area contributed by atoms with Crippen LogP contribution in [0.25, 0.3) is 5.76 Å². The summed E-state index contributed by atoms with van der Waals surface area (Å²) in [6.07, 6.45) is 0.172. The topological polar surface area (TPSA) is 206 Å². The number of nitrogens with two attached hydrogens (primary N) is 1. The van der Waals surface area contributed by atoms with Crippen molar-refractivity contribution in [3.05, 3.63) is 39.7 Å². The summed E-state index contributed by atoms with van der Waals surface area (Å²) >= 11 is 0. The first-order valence-corrected chi connectivity index (χ1v) is 13.6. The van der Waals surface area contributed by atoms with Gasteiger partial charge in [0.05, 0.1) is 11.6 Å². The molecule has 4 rings (SSSR count). The lowest BCUT2D eigenvalue weighted by Crippen LogP contribution is -2.65. The number of fused-ring (bicyclic) bond motifs is 3. The smallest absolute Gasteiger partial charge is 0.255 e. The Morgan fingerprint density at radius 2 is 1.74 bits per heavy atom. The molecule has 1 saturated carbocycles. The summed E-state index contributed by atoms with van der Waals surface area (Å²) in [6, 6.07) is 0.561. The highest BCUT2D eigenvalue weighted by atomic mass is 16.3. The molecule has 0 aromatic heterocycles. The second kappa shape index (κ2) is 10.4. The van der Waals surface area contributed by atoms with Crippen molar-refractivity contribution in [2.45, 2.75) is 51.8 Å². The molecule has 3 aliphatic carbocycles. The number of anilines is 1. The van der Waals surface area contributed by atoms with Crippen LogP contribution in [0.2, 0.25) is 0 Å². The summed E-state index contributed by atoms with van der Waals surface area (Å²) in [6.45, 7) is 5.21. The van der Waals surface area contributed by atoms with Crippen LogP contribution < -0.4 is 21.5 Å². The van der Waals surface area contributed by atoms with E-state index in [1.165, 1.54) is 4.90 Å². The van der Waals surface area contributed by atoms with Crippen molar-refractivity contribution in [2.24, 2.45) is 23.0 Å². The maximum Gasteiger partial charge on any atom is 0.255 e. The van der Waals surface area contributed by atoms with Gasteiger partial charge in [0.25, 0.3) is 5.91 Å². The van der Waals surface area contributed by atoms with Crippen LogP contribution in [0.3, 0.4) is 0 Å². The fraction of sp³-hybridized carbons (Fsp3) is 0.517. The zero-order valence-electron chi connectivity index (χ0n) is 24.8. The first-order chi connectivity index (χ1) is 19.3. The second-order valence-corrected chi connectivity index (χ2v) is 12.7. The number of aliphatic hydroxyl groups is 3. The number of phenolic OH excluding ortho intramolecular Hbond substituents is 1. The number of nitrogens with one attached hydrogen (secondary N) is 2. The number of aliphatic hydroxyl groups excluding tert-OH is 2. The zero-order chi connectivity index (χ0) is 31.6. The van der Waals surface area contributed by atoms with Gasteiger partial charge in [0.15, 0.2) is 11.4 Å². The van der Waals surface area contributed by atoms with Crippen LogP contribution in [0.1, 0.15) is 43.9 Å². The van der Waals surface area contributed by atoms with Crippen molar-refractivity contribution in [1.82, 2.24) is 15.8 Å². The van der Waals surface area contributed by atoms with Crippen molar-refractivity contribution in [3.63, 3.8) is 0 Å². The number of carbonyl (C=O) groups excluding carboxylic acids is 4. The lowest BCUT2D eigenvalue weighted by atomic mass is 9.57. The average Bonchev–Trinajstić information content (AvgIpc) is 2.86. The number of nitrogens with zero attached hydrogens (tertiary/aromatic N) is 2. The van der Waals surface area contributed by atoms with Crippen molar-refractivity contribution in [2.75, 3.05) is 33.1 Å². The molecule has 0 aliphatic heterocycles. The quantitative estimate of drug-likeness (QED) is 0.177. The number of hydrazine groups is 1. The predicted octanol–water partition coefficient (Wildman–Crippen LogP) is 0.197. The highest BCUT2D eigenvalue weighted by Gasteiger charge is 2.64. The SMILES string of the molecule is CN(C)c1cc(CNNC(=O)C(C)(C)C)c(O)c2c1C[C@H]1C[C@H]3[C@H](N(C)C)C(=O)C(C(N)=O)=C(O)[C@@]3(O)C(=O)C1=C2O. The van der Waals surface area contributed by atoms with E-state index in [0.717, 1.165) is 0 Å². The molecule has 0 radical (unpaired) electrons. The van der Waals surface area contributed by atoms with E-state index in [1.54, 1.807) is 59.9 Å². The Bertz CT molecular complexity index is 1450. The Kier molecular flexibility index (Phi) is 7.68. The third kappa shape index (κ3) is 4.61. The summed E-state index contributed by atoms with van der Waals surface area (Å²) in [4.78, 5) is 55.0. The van der Waals surface area contributed by atoms with Crippen LogP contribution in [0.4, 0.5) is 5.69 Å². The molecule has 2 amide bonds. The van der Waals surface area contributed by atoms with E-state index in [1.807, 2.05) is 0 Å². The molecule has 3 aliphatic rings. The molecule has 228 valence electrons. The molecule has 0 bridgehead atoms. The number of ketones is 2. The largest absolute Gasteiger partial charge is 0.508 e. The van der Waals surface area contributed by atoms with Gasteiger partial charge in [-0.05, 0) is 44.5 Å². The number of primary amides is 1. The Balaban J connectivity index is 1.87. The van der Waals surface area contributed by atoms with Crippen LogP contribution in [0.5, 0.6) is 5.75 Å². The number of benzene rings is 1. The molecular formula is C29H39N5O8.